The normalized spacial score (nSPS) is 18.1. The van der Waals surface area contributed by atoms with E-state index in [2.05, 4.69) is 10.6 Å². The van der Waals surface area contributed by atoms with Gasteiger partial charge in [0.2, 0.25) is 29.5 Å². The number of carboxylic acid groups (broad SMARTS) is 1. The summed E-state index contributed by atoms with van der Waals surface area (Å²) in [5.41, 5.74) is 15.9. The van der Waals surface area contributed by atoms with Gasteiger partial charge in [0.25, 0.3) is 0 Å². The number of hydrogen-bond acceptors (Lipinski definition) is 8. The number of thioether (sulfide) groups is 1. The largest absolute Gasteiger partial charge is 0.480 e. The molecule has 1 aliphatic heterocycles. The fourth-order valence-corrected chi connectivity index (χ4v) is 3.87. The SMILES string of the molecule is CSCCC(NC(=O)C(N)CC(N)=O)C(=O)NC(CCC(N)=O)C(=O)N1CCCC1C(=O)O. The standard InChI is InChI=1S/C19H32N6O7S/c1-33-8-6-11(23-16(28)10(20)9-15(22)27)17(29)24-12(4-5-14(21)26)18(30)25-7-2-3-13(25)19(31)32/h10-13H,2-9,20H2,1H3,(H2,21,26)(H2,22,27)(H,23,28)(H,24,29)(H,31,32). The maximum atomic E-state index is 13.0. The van der Waals surface area contributed by atoms with E-state index >= 15 is 0 Å². The van der Waals surface area contributed by atoms with Gasteiger partial charge >= 0.3 is 5.97 Å². The molecule has 1 heterocycles. The van der Waals surface area contributed by atoms with Crippen molar-refractivity contribution in [3.05, 3.63) is 0 Å². The molecule has 1 saturated heterocycles. The molecule has 33 heavy (non-hydrogen) atoms. The Bertz CT molecular complexity index is 765. The molecule has 4 atom stereocenters. The Morgan fingerprint density at radius 3 is 2.21 bits per heavy atom. The summed E-state index contributed by atoms with van der Waals surface area (Å²) >= 11 is 1.42. The molecule has 186 valence electrons. The van der Waals surface area contributed by atoms with Crippen molar-refractivity contribution in [1.29, 1.82) is 0 Å². The van der Waals surface area contributed by atoms with Crippen molar-refractivity contribution in [3.63, 3.8) is 0 Å². The number of aliphatic carboxylic acids is 1. The topological polar surface area (TPSA) is 228 Å². The highest BCUT2D eigenvalue weighted by Gasteiger charge is 2.38. The van der Waals surface area contributed by atoms with Crippen molar-refractivity contribution in [2.45, 2.75) is 62.7 Å². The molecular formula is C19H32N6O7S. The van der Waals surface area contributed by atoms with E-state index in [-0.39, 0.29) is 32.2 Å². The lowest BCUT2D eigenvalue weighted by Gasteiger charge is -2.28. The number of carboxylic acids is 1. The molecule has 9 N–H and O–H groups in total. The first kappa shape index (κ1) is 28.2. The third-order valence-corrected chi connectivity index (χ3v) is 5.76. The highest BCUT2D eigenvalue weighted by Crippen LogP contribution is 2.19. The molecule has 0 aromatic carbocycles. The number of primary amides is 2. The predicted molar refractivity (Wildman–Crippen MR) is 119 cm³/mol. The monoisotopic (exact) mass is 488 g/mol. The van der Waals surface area contributed by atoms with Crippen molar-refractivity contribution >= 4 is 47.3 Å². The Balaban J connectivity index is 3.00. The third-order valence-electron chi connectivity index (χ3n) is 5.12. The van der Waals surface area contributed by atoms with E-state index in [1.807, 2.05) is 0 Å². The van der Waals surface area contributed by atoms with Crippen LogP contribution in [-0.2, 0) is 28.8 Å². The van der Waals surface area contributed by atoms with Gasteiger partial charge in [-0.25, -0.2) is 4.79 Å². The first-order valence-electron chi connectivity index (χ1n) is 10.4. The molecule has 1 aliphatic rings. The van der Waals surface area contributed by atoms with Crippen LogP contribution in [0.4, 0.5) is 0 Å². The van der Waals surface area contributed by atoms with Crippen LogP contribution in [0.5, 0.6) is 0 Å². The smallest absolute Gasteiger partial charge is 0.326 e. The Morgan fingerprint density at radius 1 is 1.03 bits per heavy atom. The van der Waals surface area contributed by atoms with Crippen LogP contribution in [0.3, 0.4) is 0 Å². The summed E-state index contributed by atoms with van der Waals surface area (Å²) in [6, 6.07) is -4.57. The van der Waals surface area contributed by atoms with Gasteiger partial charge in [-0.15, -0.1) is 0 Å². The molecule has 4 unspecified atom stereocenters. The number of carbonyl (C=O) groups is 6. The number of carbonyl (C=O) groups excluding carboxylic acids is 5. The summed E-state index contributed by atoms with van der Waals surface area (Å²) in [4.78, 5) is 73.2. The summed E-state index contributed by atoms with van der Waals surface area (Å²) in [5.74, 6) is -4.26. The number of rotatable bonds is 14. The van der Waals surface area contributed by atoms with Gasteiger partial charge in [0.05, 0.1) is 12.5 Å². The van der Waals surface area contributed by atoms with Gasteiger partial charge in [0, 0.05) is 13.0 Å². The van der Waals surface area contributed by atoms with Gasteiger partial charge in [0.15, 0.2) is 0 Å². The van der Waals surface area contributed by atoms with Gasteiger partial charge in [-0.2, -0.15) is 11.8 Å². The van der Waals surface area contributed by atoms with Crippen molar-refractivity contribution in [2.24, 2.45) is 17.2 Å². The van der Waals surface area contributed by atoms with Crippen molar-refractivity contribution in [3.8, 4) is 0 Å². The Hall–Kier alpha value is -2.87. The third kappa shape index (κ3) is 9.26. The highest BCUT2D eigenvalue weighted by molar-refractivity contribution is 7.98. The zero-order valence-corrected chi connectivity index (χ0v) is 19.3. The van der Waals surface area contributed by atoms with E-state index in [4.69, 9.17) is 17.2 Å². The average molecular weight is 489 g/mol. The number of nitrogens with two attached hydrogens (primary N) is 3. The van der Waals surface area contributed by atoms with Gasteiger partial charge < -0.3 is 37.8 Å². The Labute approximate surface area is 195 Å². The van der Waals surface area contributed by atoms with E-state index in [0.717, 1.165) is 4.90 Å². The van der Waals surface area contributed by atoms with Crippen LogP contribution < -0.4 is 27.8 Å². The molecule has 1 fully saturated rings. The summed E-state index contributed by atoms with van der Waals surface area (Å²) in [6.07, 6.45) is 2.01. The molecular weight excluding hydrogens is 456 g/mol. The maximum Gasteiger partial charge on any atom is 0.326 e. The zero-order chi connectivity index (χ0) is 25.1. The zero-order valence-electron chi connectivity index (χ0n) is 18.5. The first-order valence-corrected chi connectivity index (χ1v) is 11.8. The predicted octanol–water partition coefficient (Wildman–Crippen LogP) is -2.75. The molecule has 0 saturated carbocycles. The van der Waals surface area contributed by atoms with E-state index in [9.17, 15) is 33.9 Å². The summed E-state index contributed by atoms with van der Waals surface area (Å²) in [5, 5.41) is 14.3. The molecule has 1 rings (SSSR count). The molecule has 14 heteroatoms. The van der Waals surface area contributed by atoms with Gasteiger partial charge in [-0.3, -0.25) is 24.0 Å². The highest BCUT2D eigenvalue weighted by atomic mass is 32.2. The summed E-state index contributed by atoms with van der Waals surface area (Å²) in [7, 11) is 0. The van der Waals surface area contributed by atoms with Crippen LogP contribution in [0.15, 0.2) is 0 Å². The number of nitrogens with one attached hydrogen (secondary N) is 2. The van der Waals surface area contributed by atoms with E-state index in [1.165, 1.54) is 11.8 Å². The second kappa shape index (κ2) is 13.6. The quantitative estimate of drug-likeness (QED) is 0.149. The van der Waals surface area contributed by atoms with Crippen molar-refractivity contribution in [1.82, 2.24) is 15.5 Å². The number of hydrogen-bond donors (Lipinski definition) is 6. The van der Waals surface area contributed by atoms with E-state index < -0.39 is 66.1 Å². The molecule has 0 aliphatic carbocycles. The lowest BCUT2D eigenvalue weighted by molar-refractivity contribution is -0.149. The fourth-order valence-electron chi connectivity index (χ4n) is 3.40. The second-order valence-corrected chi connectivity index (χ2v) is 8.70. The molecule has 0 radical (unpaired) electrons. The van der Waals surface area contributed by atoms with Crippen molar-refractivity contribution in [2.75, 3.05) is 18.6 Å². The van der Waals surface area contributed by atoms with Gasteiger partial charge in [-0.1, -0.05) is 0 Å². The molecule has 0 aromatic rings. The van der Waals surface area contributed by atoms with Crippen LogP contribution in [0, 0.1) is 0 Å². The van der Waals surface area contributed by atoms with Crippen molar-refractivity contribution < 1.29 is 33.9 Å². The minimum atomic E-state index is -1.25. The van der Waals surface area contributed by atoms with E-state index in [0.29, 0.717) is 12.2 Å². The van der Waals surface area contributed by atoms with Gasteiger partial charge in [-0.05, 0) is 37.7 Å². The average Bonchev–Trinajstić information content (AvgIpc) is 3.22. The minimum absolute atomic E-state index is 0.132. The van der Waals surface area contributed by atoms with Crippen LogP contribution >= 0.6 is 11.8 Å². The Morgan fingerprint density at radius 2 is 1.67 bits per heavy atom. The molecule has 5 amide bonds. The maximum absolute atomic E-state index is 13.0. The summed E-state index contributed by atoms with van der Waals surface area (Å²) < 4.78 is 0. The summed E-state index contributed by atoms with van der Waals surface area (Å²) in [6.45, 7) is 0.202. The molecule has 0 aromatic heterocycles. The minimum Gasteiger partial charge on any atom is -0.480 e. The van der Waals surface area contributed by atoms with E-state index in [1.54, 1.807) is 6.26 Å². The van der Waals surface area contributed by atoms with Crippen LogP contribution in [-0.4, -0.2) is 88.2 Å². The first-order chi connectivity index (χ1) is 15.5. The lowest BCUT2D eigenvalue weighted by Crippen LogP contribution is -2.57. The lowest BCUT2D eigenvalue weighted by atomic mass is 10.1. The molecule has 0 spiro atoms. The fraction of sp³-hybridized carbons (Fsp3) is 0.684. The number of amides is 5. The molecule has 0 bridgehead atoms. The van der Waals surface area contributed by atoms with Gasteiger partial charge in [0.1, 0.15) is 18.1 Å². The second-order valence-electron chi connectivity index (χ2n) is 7.71. The number of nitrogens with zero attached hydrogens (tertiary/aromatic N) is 1. The van der Waals surface area contributed by atoms with Crippen LogP contribution in [0.2, 0.25) is 0 Å². The Kier molecular flexibility index (Phi) is 11.6. The van der Waals surface area contributed by atoms with Crippen LogP contribution in [0.1, 0.15) is 38.5 Å². The number of likely N-dealkylation sites (tertiary alicyclic amines) is 1. The molecule has 13 nitrogen and oxygen atoms in total. The van der Waals surface area contributed by atoms with Crippen LogP contribution in [0.25, 0.3) is 0 Å².